The van der Waals surface area contributed by atoms with Crippen molar-refractivity contribution < 1.29 is 0 Å². The molecule has 0 amide bonds. The first-order valence-corrected chi connectivity index (χ1v) is 8.55. The first-order valence-electron chi connectivity index (χ1n) is 7.40. The van der Waals surface area contributed by atoms with Crippen LogP contribution < -0.4 is 5.32 Å². The van der Waals surface area contributed by atoms with Crippen LogP contribution in [0.3, 0.4) is 0 Å². The van der Waals surface area contributed by atoms with Crippen molar-refractivity contribution in [1.82, 2.24) is 5.32 Å². The predicted octanol–water partition coefficient (Wildman–Crippen LogP) is 4.29. The van der Waals surface area contributed by atoms with Crippen molar-refractivity contribution in [3.05, 3.63) is 35.4 Å². The largest absolute Gasteiger partial charge is 0.300 e. The number of rotatable bonds is 9. The summed E-state index contributed by atoms with van der Waals surface area (Å²) in [5, 5.41) is 12.4. The molecule has 1 aromatic carbocycles. The van der Waals surface area contributed by atoms with Gasteiger partial charge in [0.1, 0.15) is 5.54 Å². The molecule has 0 bridgehead atoms. The number of hydrogen-bond acceptors (Lipinski definition) is 3. The normalized spacial score (nSPS) is 13.7. The summed E-state index contributed by atoms with van der Waals surface area (Å²) in [6.45, 7) is 7.07. The molecule has 0 aliphatic carbocycles. The highest BCUT2D eigenvalue weighted by Crippen LogP contribution is 2.19. The lowest BCUT2D eigenvalue weighted by molar-refractivity contribution is 0.415. The number of nitriles is 1. The van der Waals surface area contributed by atoms with Gasteiger partial charge in [-0.25, -0.2) is 0 Å². The SMILES string of the molecule is CCNC(C)(C#N)CCCCSCc1ccccc1C. The first kappa shape index (κ1) is 17.1. The van der Waals surface area contributed by atoms with E-state index >= 15 is 0 Å². The summed E-state index contributed by atoms with van der Waals surface area (Å²) in [5.41, 5.74) is 2.46. The Labute approximate surface area is 128 Å². The lowest BCUT2D eigenvalue weighted by Gasteiger charge is -2.22. The minimum Gasteiger partial charge on any atom is -0.300 e. The number of hydrogen-bond donors (Lipinski definition) is 1. The van der Waals surface area contributed by atoms with E-state index in [2.05, 4.69) is 42.6 Å². The summed E-state index contributed by atoms with van der Waals surface area (Å²) in [5.74, 6) is 2.26. The van der Waals surface area contributed by atoms with E-state index in [0.717, 1.165) is 25.1 Å². The molecule has 1 unspecified atom stereocenters. The number of unbranched alkanes of at least 4 members (excludes halogenated alkanes) is 1. The zero-order valence-electron chi connectivity index (χ0n) is 12.9. The molecule has 0 aliphatic rings. The third-order valence-corrected chi connectivity index (χ3v) is 4.64. The van der Waals surface area contributed by atoms with Gasteiger partial charge >= 0.3 is 0 Å². The molecule has 0 heterocycles. The fourth-order valence-electron chi connectivity index (χ4n) is 2.21. The zero-order chi connectivity index (χ0) is 14.8. The summed E-state index contributed by atoms with van der Waals surface area (Å²) >= 11 is 1.99. The van der Waals surface area contributed by atoms with Crippen molar-refractivity contribution in [2.24, 2.45) is 0 Å². The number of thioether (sulfide) groups is 1. The zero-order valence-corrected chi connectivity index (χ0v) is 13.7. The summed E-state index contributed by atoms with van der Waals surface area (Å²) < 4.78 is 0. The maximum absolute atomic E-state index is 9.18. The van der Waals surface area contributed by atoms with Crippen molar-refractivity contribution in [1.29, 1.82) is 5.26 Å². The topological polar surface area (TPSA) is 35.8 Å². The summed E-state index contributed by atoms with van der Waals surface area (Å²) in [6, 6.07) is 11.0. The second-order valence-corrected chi connectivity index (χ2v) is 6.52. The van der Waals surface area contributed by atoms with E-state index in [1.807, 2.05) is 25.6 Å². The molecule has 1 aromatic rings. The van der Waals surface area contributed by atoms with Crippen molar-refractivity contribution >= 4 is 11.8 Å². The molecule has 0 radical (unpaired) electrons. The maximum atomic E-state index is 9.18. The van der Waals surface area contributed by atoms with Crippen LogP contribution in [-0.2, 0) is 5.75 Å². The first-order chi connectivity index (χ1) is 9.61. The molecule has 0 saturated carbocycles. The number of benzene rings is 1. The third-order valence-electron chi connectivity index (χ3n) is 3.55. The van der Waals surface area contributed by atoms with E-state index in [0.29, 0.717) is 0 Å². The highest BCUT2D eigenvalue weighted by atomic mass is 32.2. The van der Waals surface area contributed by atoms with E-state index < -0.39 is 0 Å². The molecule has 2 nitrogen and oxygen atoms in total. The minimum atomic E-state index is -0.352. The minimum absolute atomic E-state index is 0.352. The predicted molar refractivity (Wildman–Crippen MR) is 88.9 cm³/mol. The van der Waals surface area contributed by atoms with Gasteiger partial charge < -0.3 is 0 Å². The van der Waals surface area contributed by atoms with Crippen LogP contribution in [0.4, 0.5) is 0 Å². The van der Waals surface area contributed by atoms with Crippen LogP contribution in [-0.4, -0.2) is 17.8 Å². The lowest BCUT2D eigenvalue weighted by Crippen LogP contribution is -2.40. The van der Waals surface area contributed by atoms with Crippen LogP contribution in [0.1, 0.15) is 44.2 Å². The van der Waals surface area contributed by atoms with Gasteiger partial charge in [-0.05, 0) is 56.5 Å². The van der Waals surface area contributed by atoms with Gasteiger partial charge in [0, 0.05) is 5.75 Å². The van der Waals surface area contributed by atoms with Gasteiger partial charge in [-0.2, -0.15) is 17.0 Å². The van der Waals surface area contributed by atoms with Crippen LogP contribution in [0, 0.1) is 18.3 Å². The van der Waals surface area contributed by atoms with Crippen LogP contribution >= 0.6 is 11.8 Å². The van der Waals surface area contributed by atoms with E-state index in [-0.39, 0.29) is 5.54 Å². The van der Waals surface area contributed by atoms with Crippen LogP contribution in [0.15, 0.2) is 24.3 Å². The van der Waals surface area contributed by atoms with Gasteiger partial charge in [0.05, 0.1) is 6.07 Å². The Morgan fingerprint density at radius 2 is 2.05 bits per heavy atom. The summed E-state index contributed by atoms with van der Waals surface area (Å²) in [6.07, 6.45) is 3.22. The standard InChI is InChI=1S/C17H26N2S/c1-4-19-17(3,14-18)11-7-8-12-20-13-16-10-6-5-9-15(16)2/h5-6,9-10,19H,4,7-8,11-13H2,1-3H3. The van der Waals surface area contributed by atoms with E-state index in [9.17, 15) is 5.26 Å². The highest BCUT2D eigenvalue weighted by molar-refractivity contribution is 7.98. The van der Waals surface area contributed by atoms with E-state index in [1.54, 1.807) is 0 Å². The van der Waals surface area contributed by atoms with Crippen molar-refractivity contribution in [3.8, 4) is 6.07 Å². The van der Waals surface area contributed by atoms with E-state index in [4.69, 9.17) is 0 Å². The Morgan fingerprint density at radius 1 is 1.30 bits per heavy atom. The van der Waals surface area contributed by atoms with Crippen molar-refractivity contribution in [3.63, 3.8) is 0 Å². The highest BCUT2D eigenvalue weighted by Gasteiger charge is 2.20. The molecule has 110 valence electrons. The van der Waals surface area contributed by atoms with Gasteiger partial charge in [0.15, 0.2) is 0 Å². The van der Waals surface area contributed by atoms with Crippen LogP contribution in [0.25, 0.3) is 0 Å². The van der Waals surface area contributed by atoms with Crippen LogP contribution in [0.5, 0.6) is 0 Å². The fraction of sp³-hybridized carbons (Fsp3) is 0.588. The number of nitrogens with zero attached hydrogens (tertiary/aromatic N) is 1. The van der Waals surface area contributed by atoms with Crippen molar-refractivity contribution in [2.75, 3.05) is 12.3 Å². The summed E-state index contributed by atoms with van der Waals surface area (Å²) in [7, 11) is 0. The second-order valence-electron chi connectivity index (χ2n) is 5.41. The maximum Gasteiger partial charge on any atom is 0.103 e. The molecule has 0 aliphatic heterocycles. The van der Waals surface area contributed by atoms with Crippen LogP contribution in [0.2, 0.25) is 0 Å². The second kappa shape index (κ2) is 9.05. The molecular formula is C17H26N2S. The third kappa shape index (κ3) is 5.98. The van der Waals surface area contributed by atoms with E-state index in [1.165, 1.54) is 23.3 Å². The van der Waals surface area contributed by atoms with Crippen molar-refractivity contribution in [2.45, 2.75) is 51.3 Å². The monoisotopic (exact) mass is 290 g/mol. The molecule has 0 spiro atoms. The Bertz CT molecular complexity index is 439. The lowest BCUT2D eigenvalue weighted by atomic mass is 9.97. The Balaban J connectivity index is 2.17. The Hall–Kier alpha value is -0.980. The van der Waals surface area contributed by atoms with Gasteiger partial charge in [-0.1, -0.05) is 31.2 Å². The smallest absolute Gasteiger partial charge is 0.103 e. The van der Waals surface area contributed by atoms with Gasteiger partial charge in [0.2, 0.25) is 0 Å². The summed E-state index contributed by atoms with van der Waals surface area (Å²) in [4.78, 5) is 0. The Kier molecular flexibility index (Phi) is 7.72. The molecule has 0 aromatic heterocycles. The molecular weight excluding hydrogens is 264 g/mol. The molecule has 20 heavy (non-hydrogen) atoms. The molecule has 0 saturated heterocycles. The molecule has 1 atom stereocenters. The average molecular weight is 290 g/mol. The molecule has 1 rings (SSSR count). The number of aryl methyl sites for hydroxylation is 1. The molecule has 1 N–H and O–H groups in total. The average Bonchev–Trinajstić information content (AvgIpc) is 2.45. The van der Waals surface area contributed by atoms with Gasteiger partial charge in [-0.3, -0.25) is 5.32 Å². The molecule has 0 fully saturated rings. The number of nitrogens with one attached hydrogen (secondary N) is 1. The van der Waals surface area contributed by atoms with Gasteiger partial charge in [0.25, 0.3) is 0 Å². The molecule has 3 heteroatoms. The van der Waals surface area contributed by atoms with Gasteiger partial charge in [-0.15, -0.1) is 0 Å². The quantitative estimate of drug-likeness (QED) is 0.689. The Morgan fingerprint density at radius 3 is 2.70 bits per heavy atom. The fourth-order valence-corrected chi connectivity index (χ4v) is 3.31.